The zero-order valence-corrected chi connectivity index (χ0v) is 10.9. The highest BCUT2D eigenvalue weighted by atomic mass is 32.2. The van der Waals surface area contributed by atoms with Gasteiger partial charge in [0.25, 0.3) is 10.0 Å². The summed E-state index contributed by atoms with van der Waals surface area (Å²) in [5.74, 6) is 2.25. The first-order valence-corrected chi connectivity index (χ1v) is 7.93. The third kappa shape index (κ3) is 2.76. The van der Waals surface area contributed by atoms with Crippen LogP contribution in [0.3, 0.4) is 0 Å². The summed E-state index contributed by atoms with van der Waals surface area (Å²) < 4.78 is 27.4. The van der Waals surface area contributed by atoms with Crippen LogP contribution in [0.4, 0.5) is 0 Å². The lowest BCUT2D eigenvalue weighted by Crippen LogP contribution is -2.32. The highest BCUT2D eigenvalue weighted by molar-refractivity contribution is 7.89. The lowest BCUT2D eigenvalue weighted by Gasteiger charge is -2.16. The number of nitrogens with two attached hydrogens (primary N) is 1. The maximum Gasteiger partial charge on any atom is 0.271 e. The number of hydrogen-bond donors (Lipinski definition) is 2. The van der Waals surface area contributed by atoms with Crippen LogP contribution >= 0.6 is 0 Å². The van der Waals surface area contributed by atoms with Gasteiger partial charge in [0.05, 0.1) is 6.54 Å². The van der Waals surface area contributed by atoms with Crippen LogP contribution in [-0.4, -0.2) is 14.5 Å². The quantitative estimate of drug-likeness (QED) is 0.813. The maximum absolute atomic E-state index is 11.1. The van der Waals surface area contributed by atoms with Gasteiger partial charge in [0.15, 0.2) is 0 Å². The fraction of sp³-hybridized carbons (Fsp3) is 0.667. The van der Waals surface area contributed by atoms with Crippen molar-refractivity contribution >= 4 is 10.0 Å². The third-order valence-corrected chi connectivity index (χ3v) is 4.47. The zero-order valence-electron chi connectivity index (χ0n) is 10.1. The first-order chi connectivity index (χ1) is 8.54. The maximum atomic E-state index is 11.1. The smallest absolute Gasteiger partial charge is 0.271 e. The molecule has 1 heterocycles. The fourth-order valence-corrected chi connectivity index (χ4v) is 2.93. The summed E-state index contributed by atoms with van der Waals surface area (Å²) >= 11 is 0. The Balaban J connectivity index is 1.60. The number of primary sulfonamides is 1. The Labute approximate surface area is 107 Å². The standard InChI is InChI=1S/C12H18N2O3S/c13-18(15,16)11-6-5-10(17-11)7-14-12(8-1-2-8)9-3-4-9/h5-6,8-9,12,14H,1-4,7H2,(H2,13,15,16). The zero-order chi connectivity index (χ0) is 12.8. The molecule has 1 aromatic heterocycles. The highest BCUT2D eigenvalue weighted by Crippen LogP contribution is 2.44. The van der Waals surface area contributed by atoms with Gasteiger partial charge in [-0.2, -0.15) is 0 Å². The van der Waals surface area contributed by atoms with E-state index < -0.39 is 10.0 Å². The lowest BCUT2D eigenvalue weighted by atomic mass is 10.1. The van der Waals surface area contributed by atoms with Crippen LogP contribution in [-0.2, 0) is 16.6 Å². The normalized spacial score (nSPS) is 20.6. The Morgan fingerprint density at radius 3 is 2.33 bits per heavy atom. The minimum Gasteiger partial charge on any atom is -0.447 e. The molecule has 0 amide bonds. The summed E-state index contributed by atoms with van der Waals surface area (Å²) in [5, 5.41) is 8.34. The molecule has 2 saturated carbocycles. The summed E-state index contributed by atoms with van der Waals surface area (Å²) in [7, 11) is -3.72. The molecule has 0 unspecified atom stereocenters. The molecule has 0 aliphatic heterocycles. The van der Waals surface area contributed by atoms with Gasteiger partial charge in [-0.15, -0.1) is 0 Å². The van der Waals surface area contributed by atoms with Crippen molar-refractivity contribution in [2.75, 3.05) is 0 Å². The predicted octanol–water partition coefficient (Wildman–Crippen LogP) is 1.21. The average Bonchev–Trinajstić information content (AvgIpc) is 3.19. The van der Waals surface area contributed by atoms with Crippen LogP contribution < -0.4 is 10.5 Å². The van der Waals surface area contributed by atoms with Gasteiger partial charge >= 0.3 is 0 Å². The van der Waals surface area contributed by atoms with E-state index in [2.05, 4.69) is 5.32 Å². The van der Waals surface area contributed by atoms with Crippen LogP contribution in [0.25, 0.3) is 0 Å². The Morgan fingerprint density at radius 1 is 1.28 bits per heavy atom. The van der Waals surface area contributed by atoms with Crippen LogP contribution in [0.1, 0.15) is 31.4 Å². The SMILES string of the molecule is NS(=O)(=O)c1ccc(CNC(C2CC2)C2CC2)o1. The van der Waals surface area contributed by atoms with Crippen molar-refractivity contribution in [3.05, 3.63) is 17.9 Å². The van der Waals surface area contributed by atoms with E-state index in [9.17, 15) is 8.42 Å². The van der Waals surface area contributed by atoms with E-state index in [1.807, 2.05) is 0 Å². The fourth-order valence-electron chi connectivity index (χ4n) is 2.45. The molecule has 2 fully saturated rings. The van der Waals surface area contributed by atoms with E-state index in [0.29, 0.717) is 18.3 Å². The summed E-state index contributed by atoms with van der Waals surface area (Å²) in [6, 6.07) is 3.66. The molecule has 18 heavy (non-hydrogen) atoms. The van der Waals surface area contributed by atoms with Gasteiger partial charge in [-0.25, -0.2) is 13.6 Å². The molecule has 0 aromatic carbocycles. The van der Waals surface area contributed by atoms with Gasteiger partial charge in [0, 0.05) is 6.04 Å². The second-order valence-corrected chi connectivity index (χ2v) is 6.84. The van der Waals surface area contributed by atoms with Crippen molar-refractivity contribution in [2.24, 2.45) is 17.0 Å². The largest absolute Gasteiger partial charge is 0.447 e. The molecule has 5 nitrogen and oxygen atoms in total. The topological polar surface area (TPSA) is 85.3 Å². The van der Waals surface area contributed by atoms with E-state index >= 15 is 0 Å². The Bertz CT molecular complexity index is 517. The van der Waals surface area contributed by atoms with E-state index in [0.717, 1.165) is 11.8 Å². The molecular weight excluding hydrogens is 252 g/mol. The molecule has 0 radical (unpaired) electrons. The third-order valence-electron chi connectivity index (χ3n) is 3.69. The second kappa shape index (κ2) is 4.36. The molecule has 3 N–H and O–H groups in total. The van der Waals surface area contributed by atoms with Crippen molar-refractivity contribution in [3.8, 4) is 0 Å². The predicted molar refractivity (Wildman–Crippen MR) is 66.2 cm³/mol. The minimum absolute atomic E-state index is 0.159. The van der Waals surface area contributed by atoms with Crippen molar-refractivity contribution in [1.82, 2.24) is 5.32 Å². The van der Waals surface area contributed by atoms with Crippen molar-refractivity contribution in [2.45, 2.75) is 43.4 Å². The molecule has 1 aromatic rings. The molecule has 6 heteroatoms. The van der Waals surface area contributed by atoms with Crippen LogP contribution in [0.5, 0.6) is 0 Å². The molecule has 0 spiro atoms. The lowest BCUT2D eigenvalue weighted by molar-refractivity contribution is 0.361. The molecular formula is C12H18N2O3S. The number of hydrogen-bond acceptors (Lipinski definition) is 4. The van der Waals surface area contributed by atoms with E-state index in [4.69, 9.17) is 9.56 Å². The van der Waals surface area contributed by atoms with E-state index in [1.165, 1.54) is 31.7 Å². The van der Waals surface area contributed by atoms with Gasteiger partial charge in [0.2, 0.25) is 5.09 Å². The van der Waals surface area contributed by atoms with Crippen molar-refractivity contribution in [3.63, 3.8) is 0 Å². The van der Waals surface area contributed by atoms with Crippen molar-refractivity contribution < 1.29 is 12.8 Å². The summed E-state index contributed by atoms with van der Waals surface area (Å²) in [4.78, 5) is 0. The van der Waals surface area contributed by atoms with E-state index in [-0.39, 0.29) is 5.09 Å². The molecule has 2 aliphatic carbocycles. The monoisotopic (exact) mass is 270 g/mol. The minimum atomic E-state index is -3.72. The average molecular weight is 270 g/mol. The molecule has 0 saturated heterocycles. The van der Waals surface area contributed by atoms with Crippen molar-refractivity contribution in [1.29, 1.82) is 0 Å². The first-order valence-electron chi connectivity index (χ1n) is 6.39. The Hall–Kier alpha value is -0.850. The molecule has 100 valence electrons. The summed E-state index contributed by atoms with van der Waals surface area (Å²) in [6.45, 7) is 0.577. The number of nitrogens with one attached hydrogen (secondary N) is 1. The van der Waals surface area contributed by atoms with Gasteiger partial charge in [-0.05, 0) is 49.7 Å². The molecule has 0 bridgehead atoms. The van der Waals surface area contributed by atoms with Gasteiger partial charge < -0.3 is 9.73 Å². The van der Waals surface area contributed by atoms with Crippen LogP contribution in [0.2, 0.25) is 0 Å². The highest BCUT2D eigenvalue weighted by Gasteiger charge is 2.41. The number of furan rings is 1. The molecule has 2 aliphatic rings. The first kappa shape index (κ1) is 12.2. The molecule has 0 atom stereocenters. The summed E-state index contributed by atoms with van der Waals surface area (Å²) in [5.41, 5.74) is 0. The van der Waals surface area contributed by atoms with E-state index in [1.54, 1.807) is 6.07 Å². The second-order valence-electron chi connectivity index (χ2n) is 5.35. The van der Waals surface area contributed by atoms with Gasteiger partial charge in [-0.3, -0.25) is 0 Å². The Morgan fingerprint density at radius 2 is 1.89 bits per heavy atom. The number of rotatable bonds is 6. The van der Waals surface area contributed by atoms with Crippen LogP contribution in [0.15, 0.2) is 21.6 Å². The number of sulfonamides is 1. The molecule has 3 rings (SSSR count). The van der Waals surface area contributed by atoms with Gasteiger partial charge in [-0.1, -0.05) is 0 Å². The Kier molecular flexibility index (Phi) is 2.96. The summed E-state index contributed by atoms with van der Waals surface area (Å²) in [6.07, 6.45) is 5.26. The van der Waals surface area contributed by atoms with Crippen LogP contribution in [0, 0.1) is 11.8 Å². The van der Waals surface area contributed by atoms with Gasteiger partial charge in [0.1, 0.15) is 5.76 Å².